The molecule has 0 saturated carbocycles. The maximum Gasteiger partial charge on any atom is 0.229 e. The second-order valence-corrected chi connectivity index (χ2v) is 10.1. The molecule has 11 heteroatoms. The molecule has 33 heavy (non-hydrogen) atoms. The molecular formula is C22H18Cl2N4O3S2. The van der Waals surface area contributed by atoms with Gasteiger partial charge in [0.1, 0.15) is 11.4 Å². The molecule has 2 aromatic heterocycles. The number of anilines is 1. The van der Waals surface area contributed by atoms with Crippen molar-refractivity contribution in [2.75, 3.05) is 19.5 Å². The zero-order valence-electron chi connectivity index (χ0n) is 17.8. The smallest absolute Gasteiger partial charge is 0.229 e. The molecule has 0 fully saturated rings. The number of carbonyl (C=O) groups excluding carboxylic acids is 1. The Balaban J connectivity index is 1.54. The van der Waals surface area contributed by atoms with Gasteiger partial charge >= 0.3 is 0 Å². The monoisotopic (exact) mass is 520 g/mol. The minimum Gasteiger partial charge on any atom is -0.493 e. The predicted molar refractivity (Wildman–Crippen MR) is 132 cm³/mol. The third-order valence-electron chi connectivity index (χ3n) is 4.63. The number of halogens is 2. The first-order valence-corrected chi connectivity index (χ1v) is 12.0. The fourth-order valence-corrected chi connectivity index (χ4v) is 5.85. The molecule has 0 spiro atoms. The largest absolute Gasteiger partial charge is 0.493 e. The number of fused-ring (bicyclic) bond motifs is 1. The van der Waals surface area contributed by atoms with Crippen LogP contribution >= 0.6 is 46.3 Å². The van der Waals surface area contributed by atoms with E-state index in [0.29, 0.717) is 27.2 Å². The van der Waals surface area contributed by atoms with E-state index in [2.05, 4.69) is 20.3 Å². The number of methoxy groups -OCH3 is 2. The van der Waals surface area contributed by atoms with Crippen molar-refractivity contribution < 1.29 is 14.3 Å². The van der Waals surface area contributed by atoms with E-state index >= 15 is 0 Å². The number of hydrogen-bond acceptors (Lipinski definition) is 8. The SMILES string of the molecule is COc1cc2ncnc(Sc3nc(C)c(CC(=O)Nc4cc(Cl)cc(Cl)c4)s3)c2cc1OC. The van der Waals surface area contributed by atoms with E-state index in [1.54, 1.807) is 32.4 Å². The first-order valence-electron chi connectivity index (χ1n) is 9.63. The molecule has 0 aliphatic heterocycles. The Labute approximate surface area is 208 Å². The van der Waals surface area contributed by atoms with Gasteiger partial charge < -0.3 is 14.8 Å². The lowest BCUT2D eigenvalue weighted by Crippen LogP contribution is -2.14. The van der Waals surface area contributed by atoms with Gasteiger partial charge in [-0.05, 0) is 43.0 Å². The second-order valence-electron chi connectivity index (χ2n) is 6.88. The van der Waals surface area contributed by atoms with Crippen LogP contribution in [0.3, 0.4) is 0 Å². The van der Waals surface area contributed by atoms with Crippen molar-refractivity contribution in [1.29, 1.82) is 0 Å². The van der Waals surface area contributed by atoms with Crippen molar-refractivity contribution in [3.8, 4) is 11.5 Å². The summed E-state index contributed by atoms with van der Waals surface area (Å²) in [6.45, 7) is 1.88. The van der Waals surface area contributed by atoms with Crippen molar-refractivity contribution in [1.82, 2.24) is 15.0 Å². The Morgan fingerprint density at radius 3 is 2.45 bits per heavy atom. The van der Waals surface area contributed by atoms with Gasteiger partial charge in [0.15, 0.2) is 15.8 Å². The lowest BCUT2D eigenvalue weighted by Gasteiger charge is -2.10. The fraction of sp³-hybridized carbons (Fsp3) is 0.182. The number of nitrogens with one attached hydrogen (secondary N) is 1. The third kappa shape index (κ3) is 5.50. The number of benzene rings is 2. The molecule has 0 atom stereocenters. The maximum absolute atomic E-state index is 12.6. The van der Waals surface area contributed by atoms with Gasteiger partial charge in [-0.15, -0.1) is 11.3 Å². The molecule has 0 saturated heterocycles. The summed E-state index contributed by atoms with van der Waals surface area (Å²) in [5.74, 6) is 1.01. The van der Waals surface area contributed by atoms with Crippen LogP contribution in [0.4, 0.5) is 5.69 Å². The highest BCUT2D eigenvalue weighted by Gasteiger charge is 2.16. The van der Waals surface area contributed by atoms with E-state index in [0.717, 1.165) is 30.8 Å². The molecular weight excluding hydrogens is 503 g/mol. The number of aryl methyl sites for hydroxylation is 1. The van der Waals surface area contributed by atoms with E-state index in [1.165, 1.54) is 29.4 Å². The summed E-state index contributed by atoms with van der Waals surface area (Å²) in [5, 5.41) is 5.29. The summed E-state index contributed by atoms with van der Waals surface area (Å²) in [4.78, 5) is 26.8. The van der Waals surface area contributed by atoms with Crippen molar-refractivity contribution in [3.63, 3.8) is 0 Å². The highest BCUT2D eigenvalue weighted by atomic mass is 35.5. The molecule has 4 aromatic rings. The average Bonchev–Trinajstić information content (AvgIpc) is 3.10. The van der Waals surface area contributed by atoms with Gasteiger partial charge in [0.2, 0.25) is 5.91 Å². The molecule has 7 nitrogen and oxygen atoms in total. The van der Waals surface area contributed by atoms with Crippen LogP contribution in [0, 0.1) is 6.92 Å². The van der Waals surface area contributed by atoms with Gasteiger partial charge in [-0.3, -0.25) is 4.79 Å². The minimum atomic E-state index is -0.180. The summed E-state index contributed by atoms with van der Waals surface area (Å²) in [6, 6.07) is 8.57. The summed E-state index contributed by atoms with van der Waals surface area (Å²) < 4.78 is 11.5. The van der Waals surface area contributed by atoms with Gasteiger partial charge in [-0.25, -0.2) is 15.0 Å². The molecule has 0 unspecified atom stereocenters. The van der Waals surface area contributed by atoms with Crippen LogP contribution < -0.4 is 14.8 Å². The molecule has 4 rings (SSSR count). The number of aromatic nitrogens is 3. The molecule has 2 aromatic carbocycles. The highest BCUT2D eigenvalue weighted by Crippen LogP contribution is 2.39. The van der Waals surface area contributed by atoms with Crippen LogP contribution in [0.25, 0.3) is 10.9 Å². The van der Waals surface area contributed by atoms with Crippen molar-refractivity contribution >= 4 is 68.8 Å². The van der Waals surface area contributed by atoms with Crippen LogP contribution in [0.5, 0.6) is 11.5 Å². The molecule has 1 amide bonds. The van der Waals surface area contributed by atoms with Gasteiger partial charge in [0.05, 0.1) is 31.9 Å². The van der Waals surface area contributed by atoms with Crippen LogP contribution in [0.2, 0.25) is 10.0 Å². The number of rotatable bonds is 7. The van der Waals surface area contributed by atoms with Crippen LogP contribution in [0.15, 0.2) is 46.0 Å². The van der Waals surface area contributed by atoms with E-state index in [1.807, 2.05) is 19.1 Å². The molecule has 2 heterocycles. The first-order chi connectivity index (χ1) is 15.9. The minimum absolute atomic E-state index is 0.180. The van der Waals surface area contributed by atoms with Crippen LogP contribution in [-0.2, 0) is 11.2 Å². The van der Waals surface area contributed by atoms with Crippen molar-refractivity contribution in [3.05, 3.63) is 57.3 Å². The van der Waals surface area contributed by atoms with Crippen molar-refractivity contribution in [2.24, 2.45) is 0 Å². The van der Waals surface area contributed by atoms with Gasteiger partial charge in [0.25, 0.3) is 0 Å². The van der Waals surface area contributed by atoms with E-state index in [9.17, 15) is 4.79 Å². The summed E-state index contributed by atoms with van der Waals surface area (Å²) in [5.41, 5.74) is 2.07. The Kier molecular flexibility index (Phi) is 7.23. The second kappa shape index (κ2) is 10.1. The molecule has 0 radical (unpaired) electrons. The lowest BCUT2D eigenvalue weighted by atomic mass is 10.2. The van der Waals surface area contributed by atoms with E-state index < -0.39 is 0 Å². The maximum atomic E-state index is 12.6. The predicted octanol–water partition coefficient (Wildman–Crippen LogP) is 6.05. The summed E-state index contributed by atoms with van der Waals surface area (Å²) >= 11 is 14.9. The number of hydrogen-bond donors (Lipinski definition) is 1. The first kappa shape index (κ1) is 23.6. The Morgan fingerprint density at radius 2 is 1.76 bits per heavy atom. The van der Waals surface area contributed by atoms with Crippen LogP contribution in [-0.4, -0.2) is 35.1 Å². The molecule has 1 N–H and O–H groups in total. The molecule has 170 valence electrons. The molecule has 0 aliphatic carbocycles. The molecule has 0 aliphatic rings. The summed E-state index contributed by atoms with van der Waals surface area (Å²) in [6.07, 6.45) is 1.69. The Hall–Kier alpha value is -2.59. The van der Waals surface area contributed by atoms with E-state index in [-0.39, 0.29) is 12.3 Å². The Morgan fingerprint density at radius 1 is 1.06 bits per heavy atom. The average molecular weight is 521 g/mol. The lowest BCUT2D eigenvalue weighted by molar-refractivity contribution is -0.115. The van der Waals surface area contributed by atoms with Crippen molar-refractivity contribution in [2.45, 2.75) is 22.7 Å². The summed E-state index contributed by atoms with van der Waals surface area (Å²) in [7, 11) is 3.16. The number of thiazole rings is 1. The van der Waals surface area contributed by atoms with E-state index in [4.69, 9.17) is 32.7 Å². The normalized spacial score (nSPS) is 10.9. The molecule has 0 bridgehead atoms. The van der Waals surface area contributed by atoms with Crippen LogP contribution in [0.1, 0.15) is 10.6 Å². The van der Waals surface area contributed by atoms with Gasteiger partial charge in [0, 0.05) is 32.1 Å². The third-order valence-corrected chi connectivity index (χ3v) is 7.30. The van der Waals surface area contributed by atoms with Gasteiger partial charge in [-0.2, -0.15) is 0 Å². The zero-order chi connectivity index (χ0) is 23.5. The highest BCUT2D eigenvalue weighted by molar-refractivity contribution is 8.01. The standard InChI is InChI=1S/C22H18Cl2N4O3S2/c1-11-19(9-20(29)28-14-5-12(23)4-13(24)6-14)32-22(27-11)33-21-15-7-17(30-2)18(31-3)8-16(15)25-10-26-21/h4-8,10H,9H2,1-3H3,(H,28,29). The fourth-order valence-electron chi connectivity index (χ4n) is 3.11. The Bertz CT molecular complexity index is 1330. The quantitative estimate of drug-likeness (QED) is 0.296. The topological polar surface area (TPSA) is 86.2 Å². The van der Waals surface area contributed by atoms with Gasteiger partial charge in [-0.1, -0.05) is 23.2 Å². The zero-order valence-corrected chi connectivity index (χ0v) is 21.0. The number of carbonyl (C=O) groups is 1. The number of amides is 1. The number of nitrogens with zero attached hydrogens (tertiary/aromatic N) is 3. The number of ether oxygens (including phenoxy) is 2.